The molecule has 2 aromatic rings. The Hall–Kier alpha value is -1.47. The maximum Gasteiger partial charge on any atom is 0.351 e. The van der Waals surface area contributed by atoms with Crippen LogP contribution in [-0.2, 0) is 6.42 Å². The predicted octanol–water partition coefficient (Wildman–Crippen LogP) is 1.58. The lowest BCUT2D eigenvalue weighted by atomic mass is 10.1. The van der Waals surface area contributed by atoms with Gasteiger partial charge in [-0.15, -0.1) is 0 Å². The van der Waals surface area contributed by atoms with E-state index in [4.69, 9.17) is 5.73 Å². The minimum atomic E-state index is -0.398. The van der Waals surface area contributed by atoms with Gasteiger partial charge in [0.25, 0.3) is 4.96 Å². The van der Waals surface area contributed by atoms with Gasteiger partial charge in [-0.05, 0) is 11.3 Å². The summed E-state index contributed by atoms with van der Waals surface area (Å²) in [6, 6.07) is -0.0803. The van der Waals surface area contributed by atoms with Gasteiger partial charge in [-0.25, -0.2) is 0 Å². The standard InChI is InChI=1S/C9H12N4O2S/c1-2-6(10)5-7-8(13(14)15)12-3-4-16-9(12)11-7/h3-4,6H,2,5,10H2,1H3. The molecule has 86 valence electrons. The fraction of sp³-hybridized carbons (Fsp3) is 0.444. The molecule has 1 unspecified atom stereocenters. The summed E-state index contributed by atoms with van der Waals surface area (Å²) in [5.74, 6) is 0.0418. The lowest BCUT2D eigenvalue weighted by Crippen LogP contribution is -2.22. The van der Waals surface area contributed by atoms with Gasteiger partial charge >= 0.3 is 5.82 Å². The minimum Gasteiger partial charge on any atom is -0.358 e. The van der Waals surface area contributed by atoms with Crippen LogP contribution >= 0.6 is 11.3 Å². The average molecular weight is 240 g/mol. The third-order valence-electron chi connectivity index (χ3n) is 2.46. The minimum absolute atomic E-state index is 0.0418. The Morgan fingerprint density at radius 3 is 3.12 bits per heavy atom. The van der Waals surface area contributed by atoms with Crippen LogP contribution in [0.5, 0.6) is 0 Å². The van der Waals surface area contributed by atoms with Crippen LogP contribution in [0.3, 0.4) is 0 Å². The summed E-state index contributed by atoms with van der Waals surface area (Å²) >= 11 is 1.38. The number of aromatic nitrogens is 2. The van der Waals surface area contributed by atoms with Gasteiger partial charge in [-0.3, -0.25) is 0 Å². The molecule has 0 spiro atoms. The van der Waals surface area contributed by atoms with Crippen LogP contribution in [0.4, 0.5) is 5.82 Å². The predicted molar refractivity (Wildman–Crippen MR) is 61.7 cm³/mol. The molecule has 0 aliphatic carbocycles. The molecular weight excluding hydrogens is 228 g/mol. The number of nitro groups is 1. The molecule has 0 aliphatic heterocycles. The molecule has 7 heteroatoms. The molecule has 0 bridgehead atoms. The highest BCUT2D eigenvalue weighted by Crippen LogP contribution is 2.24. The number of nitrogens with zero attached hydrogens (tertiary/aromatic N) is 3. The van der Waals surface area contributed by atoms with Gasteiger partial charge in [0.15, 0.2) is 0 Å². The molecule has 0 saturated carbocycles. The summed E-state index contributed by atoms with van der Waals surface area (Å²) < 4.78 is 1.50. The van der Waals surface area contributed by atoms with Gasteiger partial charge in [0.1, 0.15) is 11.9 Å². The first-order valence-corrected chi connectivity index (χ1v) is 5.85. The van der Waals surface area contributed by atoms with Crippen LogP contribution in [0.25, 0.3) is 4.96 Å². The zero-order chi connectivity index (χ0) is 11.7. The number of thiazole rings is 1. The molecule has 6 nitrogen and oxygen atoms in total. The Balaban J connectivity index is 2.47. The molecule has 2 N–H and O–H groups in total. The van der Waals surface area contributed by atoms with Crippen LogP contribution in [0.2, 0.25) is 0 Å². The summed E-state index contributed by atoms with van der Waals surface area (Å²) in [6.07, 6.45) is 2.88. The van der Waals surface area contributed by atoms with E-state index >= 15 is 0 Å². The highest BCUT2D eigenvalue weighted by Gasteiger charge is 2.24. The fourth-order valence-corrected chi connectivity index (χ4v) is 2.27. The molecule has 2 heterocycles. The van der Waals surface area contributed by atoms with E-state index < -0.39 is 4.92 Å². The van der Waals surface area contributed by atoms with Gasteiger partial charge in [-0.1, -0.05) is 18.3 Å². The highest BCUT2D eigenvalue weighted by atomic mass is 32.1. The number of nitrogens with two attached hydrogens (primary N) is 1. The molecule has 0 amide bonds. The average Bonchev–Trinajstić information content (AvgIpc) is 2.76. The van der Waals surface area contributed by atoms with Crippen LogP contribution in [-0.4, -0.2) is 20.3 Å². The number of fused-ring (bicyclic) bond motifs is 1. The highest BCUT2D eigenvalue weighted by molar-refractivity contribution is 7.15. The number of hydrogen-bond acceptors (Lipinski definition) is 5. The third-order valence-corrected chi connectivity index (χ3v) is 3.22. The van der Waals surface area contributed by atoms with Crippen LogP contribution in [0.15, 0.2) is 11.6 Å². The molecule has 0 fully saturated rings. The Morgan fingerprint density at radius 2 is 2.50 bits per heavy atom. The van der Waals surface area contributed by atoms with E-state index in [1.165, 1.54) is 15.7 Å². The molecule has 0 aliphatic rings. The van der Waals surface area contributed by atoms with Crippen LogP contribution in [0, 0.1) is 10.1 Å². The van der Waals surface area contributed by atoms with Gasteiger partial charge < -0.3 is 15.8 Å². The van der Waals surface area contributed by atoms with Crippen molar-refractivity contribution in [2.45, 2.75) is 25.8 Å². The van der Waals surface area contributed by atoms with Gasteiger partial charge in [0, 0.05) is 17.8 Å². The Labute approximate surface area is 95.9 Å². The number of imidazole rings is 1. The third kappa shape index (κ3) is 1.79. The lowest BCUT2D eigenvalue weighted by molar-refractivity contribution is -0.391. The molecule has 0 aromatic carbocycles. The van der Waals surface area contributed by atoms with Crippen molar-refractivity contribution in [2.24, 2.45) is 5.73 Å². The molecular formula is C9H12N4O2S. The van der Waals surface area contributed by atoms with Crippen molar-refractivity contribution in [3.63, 3.8) is 0 Å². The van der Waals surface area contributed by atoms with Gasteiger partial charge in [0.05, 0.1) is 0 Å². The first-order valence-electron chi connectivity index (χ1n) is 4.98. The quantitative estimate of drug-likeness (QED) is 0.649. The van der Waals surface area contributed by atoms with Crippen molar-refractivity contribution in [2.75, 3.05) is 0 Å². The first kappa shape index (κ1) is 11.0. The first-order chi connectivity index (χ1) is 7.63. The number of hydrogen-bond donors (Lipinski definition) is 1. The Morgan fingerprint density at radius 1 is 1.75 bits per heavy atom. The Bertz CT molecular complexity index is 519. The van der Waals surface area contributed by atoms with E-state index in [0.29, 0.717) is 17.1 Å². The Kier molecular flexibility index (Phi) is 2.88. The normalized spacial score (nSPS) is 13.1. The largest absolute Gasteiger partial charge is 0.358 e. The SMILES string of the molecule is CCC(N)Cc1nc2sccn2c1[N+](=O)[O-]. The molecule has 16 heavy (non-hydrogen) atoms. The van der Waals surface area contributed by atoms with Crippen LogP contribution in [0.1, 0.15) is 19.0 Å². The summed E-state index contributed by atoms with van der Waals surface area (Å²) in [4.78, 5) is 15.5. The number of rotatable bonds is 4. The van der Waals surface area contributed by atoms with Crippen molar-refractivity contribution >= 4 is 22.1 Å². The maximum atomic E-state index is 11.0. The zero-order valence-electron chi connectivity index (χ0n) is 8.79. The maximum absolute atomic E-state index is 11.0. The van der Waals surface area contributed by atoms with E-state index in [1.807, 2.05) is 6.92 Å². The van der Waals surface area contributed by atoms with E-state index in [9.17, 15) is 10.1 Å². The van der Waals surface area contributed by atoms with Crippen molar-refractivity contribution < 1.29 is 4.92 Å². The molecule has 2 aromatic heterocycles. The van der Waals surface area contributed by atoms with Gasteiger partial charge in [0.2, 0.25) is 0 Å². The molecule has 0 saturated heterocycles. The summed E-state index contributed by atoms with van der Waals surface area (Å²) in [5.41, 5.74) is 6.27. The van der Waals surface area contributed by atoms with Crippen LogP contribution < -0.4 is 5.73 Å². The van der Waals surface area contributed by atoms with E-state index in [-0.39, 0.29) is 11.9 Å². The van der Waals surface area contributed by atoms with E-state index in [1.54, 1.807) is 11.6 Å². The topological polar surface area (TPSA) is 86.5 Å². The summed E-state index contributed by atoms with van der Waals surface area (Å²) in [6.45, 7) is 1.95. The molecule has 1 atom stereocenters. The van der Waals surface area contributed by atoms with Gasteiger partial charge in [-0.2, -0.15) is 9.38 Å². The second kappa shape index (κ2) is 4.18. The van der Waals surface area contributed by atoms with Crippen molar-refractivity contribution in [3.8, 4) is 0 Å². The zero-order valence-corrected chi connectivity index (χ0v) is 9.61. The smallest absolute Gasteiger partial charge is 0.351 e. The monoisotopic (exact) mass is 240 g/mol. The van der Waals surface area contributed by atoms with Crippen molar-refractivity contribution in [3.05, 3.63) is 27.4 Å². The second-order valence-electron chi connectivity index (χ2n) is 3.57. The molecule has 0 radical (unpaired) electrons. The summed E-state index contributed by atoms with van der Waals surface area (Å²) in [7, 11) is 0. The second-order valence-corrected chi connectivity index (χ2v) is 4.44. The van der Waals surface area contributed by atoms with E-state index in [2.05, 4.69) is 4.98 Å². The van der Waals surface area contributed by atoms with E-state index in [0.717, 1.165) is 6.42 Å². The summed E-state index contributed by atoms with van der Waals surface area (Å²) in [5, 5.41) is 12.7. The lowest BCUT2D eigenvalue weighted by Gasteiger charge is -2.05. The van der Waals surface area contributed by atoms with Crippen molar-refractivity contribution in [1.82, 2.24) is 9.38 Å². The molecule has 2 rings (SSSR count). The fourth-order valence-electron chi connectivity index (χ4n) is 1.54. The van der Waals surface area contributed by atoms with Crippen molar-refractivity contribution in [1.29, 1.82) is 0 Å².